The topological polar surface area (TPSA) is 71.0 Å². The summed E-state index contributed by atoms with van der Waals surface area (Å²) in [7, 11) is 2.13. The third-order valence-electron chi connectivity index (χ3n) is 8.33. The van der Waals surface area contributed by atoms with Crippen LogP contribution in [-0.2, 0) is 29.2 Å². The van der Waals surface area contributed by atoms with Gasteiger partial charge in [-0.3, -0.25) is 9.69 Å². The molecule has 0 aliphatic carbocycles. The first-order chi connectivity index (χ1) is 22.5. The number of benzene rings is 5. The molecule has 6 rings (SSSR count). The van der Waals surface area contributed by atoms with E-state index in [1.165, 1.54) is 5.56 Å². The van der Waals surface area contributed by atoms with Gasteiger partial charge < -0.3 is 19.9 Å². The fourth-order valence-electron chi connectivity index (χ4n) is 5.94. The summed E-state index contributed by atoms with van der Waals surface area (Å²) in [5, 5.41) is 12.6. The molecule has 0 spiro atoms. The quantitative estimate of drug-likeness (QED) is 0.162. The maximum Gasteiger partial charge on any atom is 0.251 e. The summed E-state index contributed by atoms with van der Waals surface area (Å²) in [5.41, 5.74) is 7.93. The molecule has 0 bridgehead atoms. The summed E-state index contributed by atoms with van der Waals surface area (Å²) in [5.74, 6) is -0.0934. The molecule has 3 unspecified atom stereocenters. The van der Waals surface area contributed by atoms with Gasteiger partial charge in [0.2, 0.25) is 0 Å². The first-order valence-electron chi connectivity index (χ1n) is 15.8. The van der Waals surface area contributed by atoms with Gasteiger partial charge in [-0.15, -0.1) is 0 Å². The largest absolute Gasteiger partial charge is 0.392 e. The van der Waals surface area contributed by atoms with Crippen molar-refractivity contribution >= 4 is 5.91 Å². The minimum absolute atomic E-state index is 0.0117. The second-order valence-corrected chi connectivity index (χ2v) is 11.9. The Kier molecular flexibility index (Phi) is 10.3. The maximum atomic E-state index is 12.6. The van der Waals surface area contributed by atoms with Crippen LogP contribution in [0.5, 0.6) is 0 Å². The highest BCUT2D eigenvalue weighted by molar-refractivity contribution is 5.94. The zero-order valence-corrected chi connectivity index (χ0v) is 26.1. The summed E-state index contributed by atoms with van der Waals surface area (Å²) in [6.45, 7) is 2.04. The first kappa shape index (κ1) is 31.4. The number of carbonyl (C=O) groups excluding carboxylic acids is 1. The van der Waals surface area contributed by atoms with Crippen LogP contribution >= 0.6 is 0 Å². The Hall–Kier alpha value is -4.59. The van der Waals surface area contributed by atoms with Crippen LogP contribution in [0.4, 0.5) is 0 Å². The van der Waals surface area contributed by atoms with E-state index in [0.29, 0.717) is 12.1 Å². The number of aliphatic hydroxyl groups is 1. The summed E-state index contributed by atoms with van der Waals surface area (Å²) in [6, 6.07) is 44.3. The van der Waals surface area contributed by atoms with E-state index in [4.69, 9.17) is 9.47 Å². The molecule has 0 aromatic heterocycles. The van der Waals surface area contributed by atoms with E-state index in [1.54, 1.807) is 0 Å². The molecule has 5 aromatic carbocycles. The Bertz CT molecular complexity index is 1710. The number of hydrogen-bond donors (Lipinski definition) is 2. The number of rotatable bonds is 11. The molecule has 0 saturated carbocycles. The smallest absolute Gasteiger partial charge is 0.251 e. The van der Waals surface area contributed by atoms with Crippen molar-refractivity contribution in [3.63, 3.8) is 0 Å². The van der Waals surface area contributed by atoms with Crippen LogP contribution in [0.15, 0.2) is 133 Å². The summed E-state index contributed by atoms with van der Waals surface area (Å²) in [6.07, 6.45) is -0.0124. The van der Waals surface area contributed by atoms with Crippen molar-refractivity contribution in [1.29, 1.82) is 0 Å². The van der Waals surface area contributed by atoms with Crippen molar-refractivity contribution in [2.45, 2.75) is 44.6 Å². The third-order valence-corrected chi connectivity index (χ3v) is 8.33. The summed E-state index contributed by atoms with van der Waals surface area (Å²) < 4.78 is 13.3. The zero-order chi connectivity index (χ0) is 31.7. The summed E-state index contributed by atoms with van der Waals surface area (Å²) >= 11 is 0. The number of likely N-dealkylation sites (N-methyl/N-ethyl adjacent to an activating group) is 1. The van der Waals surface area contributed by atoms with E-state index in [9.17, 15) is 9.90 Å². The van der Waals surface area contributed by atoms with Gasteiger partial charge in [-0.1, -0.05) is 109 Å². The number of ether oxygens (including phenoxy) is 2. The molecule has 2 N–H and O–H groups in total. The molecule has 0 radical (unpaired) electrons. The second kappa shape index (κ2) is 15.1. The lowest BCUT2D eigenvalue weighted by Gasteiger charge is -2.38. The molecule has 3 atom stereocenters. The van der Waals surface area contributed by atoms with Crippen LogP contribution < -0.4 is 5.32 Å². The number of nitrogens with one attached hydrogen (secondary N) is 1. The van der Waals surface area contributed by atoms with Crippen molar-refractivity contribution < 1.29 is 19.4 Å². The van der Waals surface area contributed by atoms with Crippen LogP contribution in [0.25, 0.3) is 11.1 Å². The predicted molar refractivity (Wildman–Crippen MR) is 181 cm³/mol. The molecule has 6 nitrogen and oxygen atoms in total. The van der Waals surface area contributed by atoms with E-state index in [2.05, 4.69) is 71.9 Å². The zero-order valence-electron chi connectivity index (χ0n) is 26.1. The van der Waals surface area contributed by atoms with Crippen LogP contribution in [-0.4, -0.2) is 35.6 Å². The van der Waals surface area contributed by atoms with Gasteiger partial charge in [0, 0.05) is 37.2 Å². The number of nitrogens with zero attached hydrogens (tertiary/aromatic N) is 1. The highest BCUT2D eigenvalue weighted by atomic mass is 16.7. The lowest BCUT2D eigenvalue weighted by atomic mass is 9.98. The highest BCUT2D eigenvalue weighted by Crippen LogP contribution is 2.39. The Morgan fingerprint density at radius 2 is 1.41 bits per heavy atom. The average molecular weight is 613 g/mol. The third kappa shape index (κ3) is 8.16. The monoisotopic (exact) mass is 612 g/mol. The second-order valence-electron chi connectivity index (χ2n) is 11.9. The van der Waals surface area contributed by atoms with E-state index < -0.39 is 6.29 Å². The van der Waals surface area contributed by atoms with Crippen molar-refractivity contribution in [1.82, 2.24) is 10.2 Å². The Labute approximate surface area is 271 Å². The van der Waals surface area contributed by atoms with Gasteiger partial charge >= 0.3 is 0 Å². The van der Waals surface area contributed by atoms with Crippen LogP contribution in [0.2, 0.25) is 0 Å². The highest BCUT2D eigenvalue weighted by Gasteiger charge is 2.33. The SMILES string of the molecule is CN(Cc1ccccc1)CC1CC(c2ccc(CO)cc2)OC(c2cccc(-c3cccc(CNC(=O)c4ccccc4)c3)c2)O1. The van der Waals surface area contributed by atoms with Crippen LogP contribution in [0.1, 0.15) is 57.0 Å². The predicted octanol–water partition coefficient (Wildman–Crippen LogP) is 7.45. The summed E-state index contributed by atoms with van der Waals surface area (Å²) in [4.78, 5) is 14.9. The molecule has 1 heterocycles. The van der Waals surface area contributed by atoms with Crippen molar-refractivity contribution in [2.75, 3.05) is 13.6 Å². The molecular weight excluding hydrogens is 572 g/mol. The molecule has 6 heteroatoms. The van der Waals surface area contributed by atoms with E-state index in [0.717, 1.165) is 52.9 Å². The molecule has 1 aliphatic rings. The molecule has 1 fully saturated rings. The number of amides is 1. The van der Waals surface area contributed by atoms with Gasteiger partial charge in [-0.05, 0) is 64.7 Å². The molecule has 46 heavy (non-hydrogen) atoms. The van der Waals surface area contributed by atoms with Gasteiger partial charge in [0.15, 0.2) is 6.29 Å². The standard InChI is InChI=1S/C40H40N2O4/c1-42(26-29-10-4-2-5-11-29)27-37-24-38(32-20-18-30(28-43)19-21-32)46-40(45-37)36-17-9-16-35(23-36)34-15-8-12-31(22-34)25-41-39(44)33-13-6-3-7-14-33/h2-23,37-38,40,43H,24-28H2,1H3,(H,41,44). The Morgan fingerprint density at radius 3 is 2.15 bits per heavy atom. The molecular formula is C40H40N2O4. The fraction of sp³-hybridized carbons (Fsp3) is 0.225. The van der Waals surface area contributed by atoms with E-state index >= 15 is 0 Å². The van der Waals surface area contributed by atoms with Crippen LogP contribution in [0, 0.1) is 0 Å². The average Bonchev–Trinajstić information content (AvgIpc) is 3.11. The Balaban J connectivity index is 1.19. The van der Waals surface area contributed by atoms with Crippen molar-refractivity contribution in [2.24, 2.45) is 0 Å². The first-order valence-corrected chi connectivity index (χ1v) is 15.8. The lowest BCUT2D eigenvalue weighted by molar-refractivity contribution is -0.252. The van der Waals surface area contributed by atoms with Crippen LogP contribution in [0.3, 0.4) is 0 Å². The lowest BCUT2D eigenvalue weighted by Crippen LogP contribution is -2.37. The van der Waals surface area contributed by atoms with Gasteiger partial charge in [0.05, 0.1) is 18.8 Å². The molecule has 234 valence electrons. The van der Waals surface area contributed by atoms with E-state index in [-0.39, 0.29) is 24.7 Å². The van der Waals surface area contributed by atoms with Gasteiger partial charge in [0.1, 0.15) is 0 Å². The number of aliphatic hydroxyl groups excluding tert-OH is 1. The maximum absolute atomic E-state index is 12.6. The normalized spacial score (nSPS) is 17.9. The van der Waals surface area contributed by atoms with Crippen molar-refractivity contribution in [3.05, 3.63) is 167 Å². The van der Waals surface area contributed by atoms with Gasteiger partial charge in [-0.25, -0.2) is 0 Å². The minimum atomic E-state index is -0.542. The molecule has 1 aliphatic heterocycles. The minimum Gasteiger partial charge on any atom is -0.392 e. The van der Waals surface area contributed by atoms with E-state index in [1.807, 2.05) is 78.9 Å². The molecule has 1 amide bonds. The number of carbonyl (C=O) groups is 1. The molecule has 1 saturated heterocycles. The molecule has 5 aromatic rings. The van der Waals surface area contributed by atoms with Gasteiger partial charge in [-0.2, -0.15) is 0 Å². The number of hydrogen-bond acceptors (Lipinski definition) is 5. The van der Waals surface area contributed by atoms with Gasteiger partial charge in [0.25, 0.3) is 5.91 Å². The van der Waals surface area contributed by atoms with Crippen molar-refractivity contribution in [3.8, 4) is 11.1 Å². The Morgan fingerprint density at radius 1 is 0.739 bits per heavy atom. The fourth-order valence-corrected chi connectivity index (χ4v) is 5.94.